The van der Waals surface area contributed by atoms with Gasteiger partial charge < -0.3 is 21.4 Å². The Morgan fingerprint density at radius 1 is 0.975 bits per heavy atom. The zero-order valence-corrected chi connectivity index (χ0v) is 22.0. The molecule has 6 N–H and O–H groups in total. The lowest BCUT2D eigenvalue weighted by Crippen LogP contribution is -2.48. The molecule has 0 unspecified atom stereocenters. The number of anilines is 1. The second-order valence-electron chi connectivity index (χ2n) is 10.1. The Hall–Kier alpha value is -4.64. The summed E-state index contributed by atoms with van der Waals surface area (Å²) >= 11 is 0. The number of H-pyrrole nitrogens is 2. The van der Waals surface area contributed by atoms with Gasteiger partial charge in [-0.15, -0.1) is 10.2 Å². The minimum atomic E-state index is -0.789. The molecule has 40 heavy (non-hydrogen) atoms. The van der Waals surface area contributed by atoms with Crippen molar-refractivity contribution >= 4 is 17.5 Å². The van der Waals surface area contributed by atoms with Crippen LogP contribution in [-0.2, 0) is 16.0 Å². The minimum Gasteiger partial charge on any atom is -0.344 e. The molecule has 5 rings (SSSR count). The molecule has 206 valence electrons. The molecule has 1 aliphatic rings. The third-order valence-electron chi connectivity index (χ3n) is 7.46. The molecule has 11 nitrogen and oxygen atoms in total. The molecule has 1 saturated carbocycles. The average Bonchev–Trinajstić information content (AvgIpc) is 3.53. The van der Waals surface area contributed by atoms with E-state index in [-0.39, 0.29) is 23.3 Å². The summed E-state index contributed by atoms with van der Waals surface area (Å²) in [6.07, 6.45) is 5.24. The molecule has 0 saturated heterocycles. The van der Waals surface area contributed by atoms with Crippen LogP contribution >= 0.6 is 0 Å². The Labute approximate surface area is 231 Å². The molecule has 0 radical (unpaired) electrons. The molecule has 4 aromatic rings. The van der Waals surface area contributed by atoms with Gasteiger partial charge in [-0.05, 0) is 90.9 Å². The fourth-order valence-corrected chi connectivity index (χ4v) is 5.08. The number of hydrogen-bond donors (Lipinski definition) is 5. The zero-order chi connectivity index (χ0) is 27.9. The van der Waals surface area contributed by atoms with Crippen LogP contribution in [0.2, 0.25) is 0 Å². The number of nitrogens with two attached hydrogens (primary N) is 1. The highest BCUT2D eigenvalue weighted by Crippen LogP contribution is 2.28. The van der Waals surface area contributed by atoms with Gasteiger partial charge in [0.1, 0.15) is 6.04 Å². The molecule has 1 atom stereocenters. The van der Waals surface area contributed by atoms with Gasteiger partial charge in [0.15, 0.2) is 0 Å². The van der Waals surface area contributed by atoms with Gasteiger partial charge in [-0.1, -0.05) is 24.3 Å². The summed E-state index contributed by atoms with van der Waals surface area (Å²) < 4.78 is 0. The van der Waals surface area contributed by atoms with Crippen molar-refractivity contribution in [2.45, 2.75) is 38.1 Å². The molecule has 0 aliphatic heterocycles. The van der Waals surface area contributed by atoms with Crippen LogP contribution in [0.5, 0.6) is 0 Å². The molecule has 1 aliphatic carbocycles. The number of carbonyl (C=O) groups is 2. The van der Waals surface area contributed by atoms with Crippen LogP contribution in [0.25, 0.3) is 22.5 Å². The van der Waals surface area contributed by atoms with E-state index in [4.69, 9.17) is 5.73 Å². The van der Waals surface area contributed by atoms with Crippen LogP contribution in [0.3, 0.4) is 0 Å². The average molecular weight is 541 g/mol. The van der Waals surface area contributed by atoms with E-state index in [1.54, 1.807) is 42.6 Å². The Morgan fingerprint density at radius 3 is 2.35 bits per heavy atom. The van der Waals surface area contributed by atoms with E-state index in [2.05, 4.69) is 36.2 Å². The topological polar surface area (TPSA) is 172 Å². The first-order valence-electron chi connectivity index (χ1n) is 13.4. The lowest BCUT2D eigenvalue weighted by Gasteiger charge is -2.28. The number of nitrogens with zero attached hydrogens (tertiary/aromatic N) is 3. The van der Waals surface area contributed by atoms with Crippen molar-refractivity contribution in [2.24, 2.45) is 17.6 Å². The Kier molecular flexibility index (Phi) is 8.41. The molecule has 2 aromatic carbocycles. The first kappa shape index (κ1) is 26.9. The van der Waals surface area contributed by atoms with Gasteiger partial charge in [-0.3, -0.25) is 14.4 Å². The second-order valence-corrected chi connectivity index (χ2v) is 10.1. The second kappa shape index (κ2) is 12.5. The van der Waals surface area contributed by atoms with Crippen molar-refractivity contribution in [3.05, 3.63) is 82.8 Å². The first-order valence-corrected chi connectivity index (χ1v) is 13.4. The number of amides is 2. The number of rotatable bonds is 9. The maximum absolute atomic E-state index is 13.5. The van der Waals surface area contributed by atoms with Crippen molar-refractivity contribution in [2.75, 3.05) is 11.9 Å². The summed E-state index contributed by atoms with van der Waals surface area (Å²) in [4.78, 5) is 41.5. The van der Waals surface area contributed by atoms with Crippen molar-refractivity contribution in [1.82, 2.24) is 30.9 Å². The number of carbonyl (C=O) groups excluding carboxylic acids is 2. The third kappa shape index (κ3) is 6.49. The van der Waals surface area contributed by atoms with Gasteiger partial charge in [0, 0.05) is 35.3 Å². The number of aromatic amines is 2. The van der Waals surface area contributed by atoms with E-state index in [9.17, 15) is 14.4 Å². The summed E-state index contributed by atoms with van der Waals surface area (Å²) in [5.74, 6) is 0.331. The molecule has 0 bridgehead atoms. The Morgan fingerprint density at radius 2 is 1.70 bits per heavy atom. The number of aromatic nitrogens is 5. The number of benzene rings is 2. The fraction of sp³-hybridized carbons (Fsp3) is 0.310. The summed E-state index contributed by atoms with van der Waals surface area (Å²) in [7, 11) is 0. The molecule has 2 heterocycles. The normalized spacial score (nSPS) is 17.6. The maximum atomic E-state index is 13.5. The van der Waals surface area contributed by atoms with Crippen molar-refractivity contribution in [1.29, 1.82) is 0 Å². The fourth-order valence-electron chi connectivity index (χ4n) is 5.08. The standard InChI is InChI=1S/C29H32N8O3/c30-17-19-5-9-22(10-6-19)27(38)33-25(16-18-3-7-20(8-4-18)24-2-1-15-31-28(24)39)29(40)32-23-13-11-21(12-14-23)26-34-36-37-35-26/h1-4,7-8,11-15,19,22,25H,5-6,9-10,16-17,30H2,(H,31,39)(H,32,40)(H,33,38)(H,34,35,36,37)/t19?,22?,25-/m0/s1. The minimum absolute atomic E-state index is 0.115. The van der Waals surface area contributed by atoms with E-state index in [0.29, 0.717) is 36.0 Å². The molecule has 11 heteroatoms. The molecule has 2 aromatic heterocycles. The Balaban J connectivity index is 1.31. The molecular weight excluding hydrogens is 508 g/mol. The molecule has 0 spiro atoms. The SMILES string of the molecule is NCC1CCC(C(=O)N[C@@H](Cc2ccc(-c3ccc[nH]c3=O)cc2)C(=O)Nc2ccc(-c3nn[nH]n3)cc2)CC1. The molecule has 2 amide bonds. The lowest BCUT2D eigenvalue weighted by atomic mass is 9.81. The quantitative estimate of drug-likeness (QED) is 0.217. The van der Waals surface area contributed by atoms with Crippen LogP contribution in [0.4, 0.5) is 5.69 Å². The lowest BCUT2D eigenvalue weighted by molar-refractivity contribution is -0.130. The van der Waals surface area contributed by atoms with Gasteiger partial charge in [0.2, 0.25) is 17.6 Å². The van der Waals surface area contributed by atoms with Crippen LogP contribution in [0.1, 0.15) is 31.2 Å². The van der Waals surface area contributed by atoms with Gasteiger partial charge in [0.05, 0.1) is 0 Å². The summed E-state index contributed by atoms with van der Waals surface area (Å²) in [5.41, 5.74) is 9.17. The number of hydrogen-bond acceptors (Lipinski definition) is 7. The van der Waals surface area contributed by atoms with Gasteiger partial charge >= 0.3 is 0 Å². The van der Waals surface area contributed by atoms with Crippen LogP contribution in [-0.4, -0.2) is 50.0 Å². The van der Waals surface area contributed by atoms with E-state index < -0.39 is 6.04 Å². The van der Waals surface area contributed by atoms with Crippen molar-refractivity contribution in [3.63, 3.8) is 0 Å². The number of pyridine rings is 1. The summed E-state index contributed by atoms with van der Waals surface area (Å²) in [6.45, 7) is 0.635. The molecule has 1 fully saturated rings. The predicted octanol–water partition coefficient (Wildman–Crippen LogP) is 2.65. The van der Waals surface area contributed by atoms with Crippen LogP contribution in [0.15, 0.2) is 71.7 Å². The van der Waals surface area contributed by atoms with Crippen molar-refractivity contribution in [3.8, 4) is 22.5 Å². The van der Waals surface area contributed by atoms with Crippen LogP contribution < -0.4 is 21.9 Å². The van der Waals surface area contributed by atoms with Crippen LogP contribution in [0, 0.1) is 11.8 Å². The van der Waals surface area contributed by atoms with E-state index in [0.717, 1.165) is 42.4 Å². The highest BCUT2D eigenvalue weighted by atomic mass is 16.2. The van der Waals surface area contributed by atoms with Crippen molar-refractivity contribution < 1.29 is 9.59 Å². The van der Waals surface area contributed by atoms with E-state index >= 15 is 0 Å². The van der Waals surface area contributed by atoms with E-state index in [1.807, 2.05) is 24.3 Å². The van der Waals surface area contributed by atoms with E-state index in [1.165, 1.54) is 0 Å². The predicted molar refractivity (Wildman–Crippen MR) is 151 cm³/mol. The monoisotopic (exact) mass is 540 g/mol. The Bertz CT molecular complexity index is 1470. The van der Waals surface area contributed by atoms with Gasteiger partial charge in [-0.25, -0.2) is 0 Å². The summed E-state index contributed by atoms with van der Waals surface area (Å²) in [5, 5.41) is 19.8. The zero-order valence-electron chi connectivity index (χ0n) is 22.0. The van der Waals surface area contributed by atoms with Gasteiger partial charge in [0.25, 0.3) is 5.56 Å². The number of tetrazole rings is 1. The first-order chi connectivity index (χ1) is 19.5. The summed E-state index contributed by atoms with van der Waals surface area (Å²) in [6, 6.07) is 17.3. The third-order valence-corrected chi connectivity index (χ3v) is 7.46. The number of nitrogens with one attached hydrogen (secondary N) is 4. The largest absolute Gasteiger partial charge is 0.344 e. The van der Waals surface area contributed by atoms with Gasteiger partial charge in [-0.2, -0.15) is 5.21 Å². The highest BCUT2D eigenvalue weighted by Gasteiger charge is 2.29. The smallest absolute Gasteiger partial charge is 0.255 e. The highest BCUT2D eigenvalue weighted by molar-refractivity contribution is 5.97. The maximum Gasteiger partial charge on any atom is 0.255 e. The molecular formula is C29H32N8O3.